The first kappa shape index (κ1) is 14.0. The summed E-state index contributed by atoms with van der Waals surface area (Å²) in [5.41, 5.74) is 0.560. The third-order valence-corrected chi connectivity index (χ3v) is 3.23. The predicted molar refractivity (Wildman–Crippen MR) is 66.5 cm³/mol. The van der Waals surface area contributed by atoms with E-state index in [1.807, 2.05) is 6.07 Å². The standard InChI is InChI=1S/C11H17NO4S/c1-15-7-8-16-9-10-17(13,14)12-11-5-3-2-4-6-11/h2-6,12H,7-10H2,1H3. The second-order valence-corrected chi connectivity index (χ2v) is 5.23. The lowest BCUT2D eigenvalue weighted by atomic mass is 10.3. The van der Waals surface area contributed by atoms with Crippen LogP contribution >= 0.6 is 0 Å². The first-order valence-corrected chi connectivity index (χ1v) is 6.91. The Balaban J connectivity index is 2.32. The van der Waals surface area contributed by atoms with Gasteiger partial charge >= 0.3 is 0 Å². The Morgan fingerprint density at radius 2 is 1.82 bits per heavy atom. The maximum absolute atomic E-state index is 11.6. The fourth-order valence-corrected chi connectivity index (χ4v) is 2.08. The molecule has 0 heterocycles. The van der Waals surface area contributed by atoms with Crippen LogP contribution in [0.2, 0.25) is 0 Å². The first-order valence-electron chi connectivity index (χ1n) is 5.26. The number of anilines is 1. The highest BCUT2D eigenvalue weighted by Crippen LogP contribution is 2.07. The van der Waals surface area contributed by atoms with E-state index in [1.165, 1.54) is 0 Å². The van der Waals surface area contributed by atoms with Gasteiger partial charge < -0.3 is 9.47 Å². The van der Waals surface area contributed by atoms with Crippen LogP contribution in [-0.2, 0) is 19.5 Å². The second-order valence-electron chi connectivity index (χ2n) is 3.39. The summed E-state index contributed by atoms with van der Waals surface area (Å²) in [5, 5.41) is 0. The molecule has 1 N–H and O–H groups in total. The fraction of sp³-hybridized carbons (Fsp3) is 0.455. The number of benzene rings is 1. The molecule has 0 unspecified atom stereocenters. The average molecular weight is 259 g/mol. The normalized spacial score (nSPS) is 11.4. The average Bonchev–Trinajstić information content (AvgIpc) is 2.29. The third kappa shape index (κ3) is 6.25. The van der Waals surface area contributed by atoms with E-state index in [0.717, 1.165) is 0 Å². The lowest BCUT2D eigenvalue weighted by Crippen LogP contribution is -2.20. The van der Waals surface area contributed by atoms with Crippen LogP contribution in [-0.4, -0.2) is 41.1 Å². The summed E-state index contributed by atoms with van der Waals surface area (Å²) >= 11 is 0. The molecule has 0 aliphatic rings. The summed E-state index contributed by atoms with van der Waals surface area (Å²) in [6.45, 7) is 1.02. The fourth-order valence-electron chi connectivity index (χ4n) is 1.15. The number of hydrogen-bond donors (Lipinski definition) is 1. The van der Waals surface area contributed by atoms with E-state index in [-0.39, 0.29) is 12.4 Å². The molecule has 0 bridgehead atoms. The van der Waals surface area contributed by atoms with Gasteiger partial charge in [-0.25, -0.2) is 8.42 Å². The van der Waals surface area contributed by atoms with Crippen LogP contribution in [0, 0.1) is 0 Å². The molecule has 0 aromatic heterocycles. The zero-order valence-corrected chi connectivity index (χ0v) is 10.6. The minimum absolute atomic E-state index is 0.0639. The smallest absolute Gasteiger partial charge is 0.234 e. The monoisotopic (exact) mass is 259 g/mol. The lowest BCUT2D eigenvalue weighted by molar-refractivity contribution is 0.0785. The Morgan fingerprint density at radius 3 is 2.47 bits per heavy atom. The highest BCUT2D eigenvalue weighted by molar-refractivity contribution is 7.92. The molecule has 5 nitrogen and oxygen atoms in total. The van der Waals surface area contributed by atoms with Gasteiger partial charge in [0, 0.05) is 12.8 Å². The van der Waals surface area contributed by atoms with Crippen LogP contribution in [0.5, 0.6) is 0 Å². The molecule has 6 heteroatoms. The molecule has 0 atom stereocenters. The maximum Gasteiger partial charge on any atom is 0.234 e. The number of sulfonamides is 1. The van der Waals surface area contributed by atoms with Gasteiger partial charge in [-0.2, -0.15) is 0 Å². The largest absolute Gasteiger partial charge is 0.382 e. The van der Waals surface area contributed by atoms with E-state index in [4.69, 9.17) is 9.47 Å². The minimum atomic E-state index is -3.34. The zero-order valence-electron chi connectivity index (χ0n) is 9.76. The molecule has 0 saturated carbocycles. The SMILES string of the molecule is COCCOCCS(=O)(=O)Nc1ccccc1. The van der Waals surface area contributed by atoms with Gasteiger partial charge in [-0.05, 0) is 12.1 Å². The van der Waals surface area contributed by atoms with Crippen LogP contribution in [0.15, 0.2) is 30.3 Å². The molecule has 0 aliphatic heterocycles. The van der Waals surface area contributed by atoms with Gasteiger partial charge in [0.1, 0.15) is 0 Å². The molecule has 0 spiro atoms. The van der Waals surface area contributed by atoms with Crippen molar-refractivity contribution in [3.8, 4) is 0 Å². The van der Waals surface area contributed by atoms with Crippen molar-refractivity contribution in [2.75, 3.05) is 37.4 Å². The highest BCUT2D eigenvalue weighted by Gasteiger charge is 2.09. The van der Waals surface area contributed by atoms with E-state index >= 15 is 0 Å². The summed E-state index contributed by atoms with van der Waals surface area (Å²) in [7, 11) is -1.77. The molecule has 1 aromatic rings. The molecule has 0 aliphatic carbocycles. The Morgan fingerprint density at radius 1 is 1.12 bits per heavy atom. The van der Waals surface area contributed by atoms with Crippen molar-refractivity contribution in [2.45, 2.75) is 0 Å². The summed E-state index contributed by atoms with van der Waals surface area (Å²) in [5.74, 6) is -0.0639. The number of ether oxygens (including phenoxy) is 2. The van der Waals surface area contributed by atoms with Gasteiger partial charge in [0.2, 0.25) is 10.0 Å². The molecule has 0 saturated heterocycles. The van der Waals surface area contributed by atoms with Gasteiger partial charge in [0.05, 0.1) is 25.6 Å². The predicted octanol–water partition coefficient (Wildman–Crippen LogP) is 1.09. The van der Waals surface area contributed by atoms with Crippen molar-refractivity contribution in [2.24, 2.45) is 0 Å². The first-order chi connectivity index (χ1) is 8.14. The van der Waals surface area contributed by atoms with Gasteiger partial charge in [-0.1, -0.05) is 18.2 Å². The summed E-state index contributed by atoms with van der Waals surface area (Å²) in [4.78, 5) is 0. The topological polar surface area (TPSA) is 64.6 Å². The summed E-state index contributed by atoms with van der Waals surface area (Å²) in [6.07, 6.45) is 0. The Hall–Kier alpha value is -1.11. The maximum atomic E-state index is 11.6. The van der Waals surface area contributed by atoms with Crippen molar-refractivity contribution < 1.29 is 17.9 Å². The third-order valence-electron chi connectivity index (χ3n) is 1.98. The molecule has 0 radical (unpaired) electrons. The van der Waals surface area contributed by atoms with E-state index in [9.17, 15) is 8.42 Å². The number of nitrogens with one attached hydrogen (secondary N) is 1. The van der Waals surface area contributed by atoms with Crippen LogP contribution in [0.3, 0.4) is 0 Å². The zero-order chi connectivity index (χ0) is 12.6. The number of rotatable bonds is 8. The summed E-state index contributed by atoms with van der Waals surface area (Å²) in [6, 6.07) is 8.76. The Bertz CT molecular complexity index is 405. The minimum Gasteiger partial charge on any atom is -0.382 e. The molecule has 96 valence electrons. The molecule has 0 amide bonds. The van der Waals surface area contributed by atoms with Crippen molar-refractivity contribution >= 4 is 15.7 Å². The number of methoxy groups -OCH3 is 1. The summed E-state index contributed by atoms with van der Waals surface area (Å²) < 4.78 is 35.6. The highest BCUT2D eigenvalue weighted by atomic mass is 32.2. The molecular weight excluding hydrogens is 242 g/mol. The van der Waals surface area contributed by atoms with Gasteiger partial charge in [-0.3, -0.25) is 4.72 Å². The molecule has 1 rings (SSSR count). The van der Waals surface area contributed by atoms with E-state index in [1.54, 1.807) is 31.4 Å². The van der Waals surface area contributed by atoms with Crippen LogP contribution in [0.1, 0.15) is 0 Å². The van der Waals surface area contributed by atoms with Crippen LogP contribution < -0.4 is 4.72 Å². The van der Waals surface area contributed by atoms with E-state index in [2.05, 4.69) is 4.72 Å². The lowest BCUT2D eigenvalue weighted by Gasteiger charge is -2.08. The van der Waals surface area contributed by atoms with Crippen LogP contribution in [0.4, 0.5) is 5.69 Å². The van der Waals surface area contributed by atoms with Gasteiger partial charge in [0.25, 0.3) is 0 Å². The molecule has 17 heavy (non-hydrogen) atoms. The molecule has 0 fully saturated rings. The van der Waals surface area contributed by atoms with Crippen molar-refractivity contribution in [3.63, 3.8) is 0 Å². The van der Waals surface area contributed by atoms with Crippen molar-refractivity contribution in [1.82, 2.24) is 0 Å². The van der Waals surface area contributed by atoms with Crippen LogP contribution in [0.25, 0.3) is 0 Å². The van der Waals surface area contributed by atoms with Gasteiger partial charge in [0.15, 0.2) is 0 Å². The van der Waals surface area contributed by atoms with Gasteiger partial charge in [-0.15, -0.1) is 0 Å². The number of para-hydroxylation sites is 1. The second kappa shape index (κ2) is 7.26. The quantitative estimate of drug-likeness (QED) is 0.710. The Kier molecular flexibility index (Phi) is 5.96. The van der Waals surface area contributed by atoms with E-state index < -0.39 is 10.0 Å². The molecular formula is C11H17NO4S. The molecule has 1 aromatic carbocycles. The van der Waals surface area contributed by atoms with Crippen molar-refractivity contribution in [1.29, 1.82) is 0 Å². The Labute approximate surface area is 102 Å². The van der Waals surface area contributed by atoms with Crippen molar-refractivity contribution in [3.05, 3.63) is 30.3 Å². The van der Waals surface area contributed by atoms with E-state index in [0.29, 0.717) is 18.9 Å². The number of hydrogen-bond acceptors (Lipinski definition) is 4.